The van der Waals surface area contributed by atoms with E-state index in [1.165, 1.54) is 18.3 Å². The molecule has 0 aliphatic heterocycles. The van der Waals surface area contributed by atoms with Gasteiger partial charge in [0, 0.05) is 18.8 Å². The van der Waals surface area contributed by atoms with Crippen LogP contribution in [0, 0.1) is 0 Å². The van der Waals surface area contributed by atoms with Crippen LogP contribution in [0.15, 0.2) is 30.5 Å². The Labute approximate surface area is 103 Å². The maximum atomic E-state index is 10.8. The summed E-state index contributed by atoms with van der Waals surface area (Å²) in [7, 11) is 0. The molecule has 0 aliphatic carbocycles. The summed E-state index contributed by atoms with van der Waals surface area (Å²) in [6.45, 7) is 2.39. The van der Waals surface area contributed by atoms with Gasteiger partial charge in [0.25, 0.3) is 0 Å². The van der Waals surface area contributed by atoms with Gasteiger partial charge >= 0.3 is 12.0 Å². The summed E-state index contributed by atoms with van der Waals surface area (Å²) in [5.74, 6) is -0.643. The average molecular weight is 248 g/mol. The molecule has 0 amide bonds. The highest BCUT2D eigenvalue weighted by Crippen LogP contribution is 2.24. The first-order chi connectivity index (χ1) is 8.60. The number of aromatic nitrogens is 2. The molecule has 1 heterocycles. The van der Waals surface area contributed by atoms with E-state index < -0.39 is 5.97 Å². The molecule has 0 spiro atoms. The molecule has 2 aromatic rings. The van der Waals surface area contributed by atoms with Crippen molar-refractivity contribution in [3.8, 4) is 17.5 Å². The second kappa shape index (κ2) is 4.79. The van der Waals surface area contributed by atoms with E-state index in [0.29, 0.717) is 12.3 Å². The molecule has 0 aliphatic rings. The summed E-state index contributed by atoms with van der Waals surface area (Å²) in [6, 6.07) is 6.40. The zero-order valence-electron chi connectivity index (χ0n) is 9.70. The van der Waals surface area contributed by atoms with E-state index in [0.717, 1.165) is 0 Å². The van der Waals surface area contributed by atoms with Crippen molar-refractivity contribution in [1.82, 2.24) is 9.55 Å². The van der Waals surface area contributed by atoms with Crippen LogP contribution in [0.5, 0.6) is 17.5 Å². The predicted octanol–water partition coefficient (Wildman–Crippen LogP) is 2.10. The molecule has 1 aromatic heterocycles. The number of carboxylic acid groups (broad SMARTS) is 1. The number of aromatic hydroxyl groups is 1. The first-order valence-corrected chi connectivity index (χ1v) is 5.37. The molecule has 0 unspecified atom stereocenters. The molecule has 0 atom stereocenters. The van der Waals surface area contributed by atoms with Crippen LogP contribution in [-0.2, 0) is 6.54 Å². The highest BCUT2D eigenvalue weighted by molar-refractivity contribution is 5.85. The van der Waals surface area contributed by atoms with Gasteiger partial charge in [-0.05, 0) is 19.1 Å². The van der Waals surface area contributed by atoms with Crippen molar-refractivity contribution in [2.45, 2.75) is 13.5 Å². The number of phenols is 1. The quantitative estimate of drug-likeness (QED) is 0.865. The van der Waals surface area contributed by atoms with Crippen molar-refractivity contribution >= 4 is 5.97 Å². The predicted molar refractivity (Wildman–Crippen MR) is 63.0 cm³/mol. The lowest BCUT2D eigenvalue weighted by Gasteiger charge is -2.06. The van der Waals surface area contributed by atoms with Gasteiger partial charge in [-0.15, -0.1) is 0 Å². The number of imidazole rings is 1. The molecule has 0 radical (unpaired) electrons. The highest BCUT2D eigenvalue weighted by atomic mass is 16.5. The number of carboxylic acids is 1. The van der Waals surface area contributed by atoms with Gasteiger partial charge in [-0.2, -0.15) is 4.98 Å². The van der Waals surface area contributed by atoms with Crippen molar-refractivity contribution in [3.05, 3.63) is 36.2 Å². The largest absolute Gasteiger partial charge is 0.508 e. The van der Waals surface area contributed by atoms with Gasteiger partial charge in [-0.25, -0.2) is 4.79 Å². The van der Waals surface area contributed by atoms with Gasteiger partial charge in [-0.1, -0.05) is 6.07 Å². The van der Waals surface area contributed by atoms with E-state index in [-0.39, 0.29) is 17.5 Å². The summed E-state index contributed by atoms with van der Waals surface area (Å²) in [6.07, 6.45) is 1.40. The normalized spacial score (nSPS) is 10.3. The van der Waals surface area contributed by atoms with Crippen LogP contribution >= 0.6 is 0 Å². The lowest BCUT2D eigenvalue weighted by Crippen LogP contribution is -1.96. The van der Waals surface area contributed by atoms with Crippen LogP contribution in [-0.4, -0.2) is 25.7 Å². The SMILES string of the molecule is CCn1cc(C(=O)O)nc1Oc1cccc(O)c1. The van der Waals surface area contributed by atoms with Crippen LogP contribution in [0.2, 0.25) is 0 Å². The minimum atomic E-state index is -1.11. The lowest BCUT2D eigenvalue weighted by atomic mass is 10.3. The number of hydrogen-bond acceptors (Lipinski definition) is 4. The first kappa shape index (κ1) is 12.0. The Morgan fingerprint density at radius 2 is 2.28 bits per heavy atom. The number of aromatic carboxylic acids is 1. The van der Waals surface area contributed by atoms with Crippen LogP contribution in [0.25, 0.3) is 0 Å². The van der Waals surface area contributed by atoms with Crippen LogP contribution < -0.4 is 4.74 Å². The Morgan fingerprint density at radius 1 is 1.50 bits per heavy atom. The van der Waals surface area contributed by atoms with E-state index >= 15 is 0 Å². The standard InChI is InChI=1S/C12H12N2O4/c1-2-14-7-10(11(16)17)13-12(14)18-9-5-3-4-8(15)6-9/h3-7,15H,2H2,1H3,(H,16,17). The van der Waals surface area contributed by atoms with Gasteiger partial charge in [0.2, 0.25) is 0 Å². The van der Waals surface area contributed by atoms with Crippen LogP contribution in [0.3, 0.4) is 0 Å². The molecule has 0 saturated carbocycles. The van der Waals surface area contributed by atoms with Gasteiger partial charge in [-0.3, -0.25) is 0 Å². The average Bonchev–Trinajstić information content (AvgIpc) is 2.72. The number of ether oxygens (including phenoxy) is 1. The molecule has 0 saturated heterocycles. The molecule has 6 heteroatoms. The Balaban J connectivity index is 2.30. The smallest absolute Gasteiger partial charge is 0.356 e. The Bertz CT molecular complexity index is 577. The molecule has 94 valence electrons. The number of phenolic OH excluding ortho intramolecular Hbond substituents is 1. The fraction of sp³-hybridized carbons (Fsp3) is 0.167. The topological polar surface area (TPSA) is 84.6 Å². The number of nitrogens with zero attached hydrogens (tertiary/aromatic N) is 2. The van der Waals surface area contributed by atoms with E-state index in [4.69, 9.17) is 9.84 Å². The first-order valence-electron chi connectivity index (χ1n) is 5.37. The summed E-state index contributed by atoms with van der Waals surface area (Å²) in [5, 5.41) is 18.2. The molecule has 2 rings (SSSR count). The number of rotatable bonds is 4. The van der Waals surface area contributed by atoms with E-state index in [9.17, 15) is 9.90 Å². The van der Waals surface area contributed by atoms with Crippen molar-refractivity contribution in [2.24, 2.45) is 0 Å². The molecule has 6 nitrogen and oxygen atoms in total. The maximum Gasteiger partial charge on any atom is 0.356 e. The van der Waals surface area contributed by atoms with Crippen LogP contribution in [0.4, 0.5) is 0 Å². The second-order valence-electron chi connectivity index (χ2n) is 3.60. The second-order valence-corrected chi connectivity index (χ2v) is 3.60. The zero-order chi connectivity index (χ0) is 13.1. The molecule has 2 N–H and O–H groups in total. The summed E-state index contributed by atoms with van der Waals surface area (Å²) >= 11 is 0. The maximum absolute atomic E-state index is 10.8. The van der Waals surface area contributed by atoms with Crippen molar-refractivity contribution in [2.75, 3.05) is 0 Å². The Hall–Kier alpha value is -2.50. The fourth-order valence-electron chi connectivity index (χ4n) is 1.46. The number of benzene rings is 1. The minimum absolute atomic E-state index is 0.0700. The fourth-order valence-corrected chi connectivity index (χ4v) is 1.46. The highest BCUT2D eigenvalue weighted by Gasteiger charge is 2.14. The van der Waals surface area contributed by atoms with Crippen LogP contribution in [0.1, 0.15) is 17.4 Å². The Kier molecular flexibility index (Phi) is 3.18. The third kappa shape index (κ3) is 2.42. The zero-order valence-corrected chi connectivity index (χ0v) is 9.70. The number of hydrogen-bond donors (Lipinski definition) is 2. The van der Waals surface area contributed by atoms with Crippen molar-refractivity contribution < 1.29 is 19.7 Å². The molecule has 1 aromatic carbocycles. The summed E-state index contributed by atoms with van der Waals surface area (Å²) in [4.78, 5) is 14.7. The van der Waals surface area contributed by atoms with E-state index in [2.05, 4.69) is 4.98 Å². The Morgan fingerprint density at radius 3 is 2.89 bits per heavy atom. The lowest BCUT2D eigenvalue weighted by molar-refractivity contribution is 0.0690. The monoisotopic (exact) mass is 248 g/mol. The van der Waals surface area contributed by atoms with E-state index in [1.807, 2.05) is 6.92 Å². The minimum Gasteiger partial charge on any atom is -0.508 e. The summed E-state index contributed by atoms with van der Waals surface area (Å²) in [5.41, 5.74) is -0.0768. The molecule has 0 bridgehead atoms. The molecule has 18 heavy (non-hydrogen) atoms. The van der Waals surface area contributed by atoms with Gasteiger partial charge in [0.05, 0.1) is 0 Å². The molecule has 0 fully saturated rings. The number of aryl methyl sites for hydroxylation is 1. The van der Waals surface area contributed by atoms with Gasteiger partial charge < -0.3 is 19.5 Å². The third-order valence-corrected chi connectivity index (χ3v) is 2.33. The number of carbonyl (C=O) groups is 1. The third-order valence-electron chi connectivity index (χ3n) is 2.33. The van der Waals surface area contributed by atoms with E-state index in [1.54, 1.807) is 16.7 Å². The van der Waals surface area contributed by atoms with Gasteiger partial charge in [0.1, 0.15) is 11.5 Å². The molecular weight excluding hydrogens is 236 g/mol. The molecular formula is C12H12N2O4. The van der Waals surface area contributed by atoms with Crippen molar-refractivity contribution in [1.29, 1.82) is 0 Å². The van der Waals surface area contributed by atoms with Gasteiger partial charge in [0.15, 0.2) is 5.69 Å². The van der Waals surface area contributed by atoms with Crippen molar-refractivity contribution in [3.63, 3.8) is 0 Å². The summed E-state index contributed by atoms with van der Waals surface area (Å²) < 4.78 is 7.02.